The standard InChI is InChI=1S/C14H18N4/c1-3-18(4-2)14-16-10-12(13(15)17-14)11-8-6-5-7-9-11/h5-10H,3-4H2,1-2H3,(H2,15,16,17). The maximum atomic E-state index is 6.02. The van der Waals surface area contributed by atoms with Gasteiger partial charge in [0.05, 0.1) is 0 Å². The highest BCUT2D eigenvalue weighted by Crippen LogP contribution is 2.24. The van der Waals surface area contributed by atoms with Crippen LogP contribution in [0.3, 0.4) is 0 Å². The maximum absolute atomic E-state index is 6.02. The Morgan fingerprint density at radius 1 is 1.11 bits per heavy atom. The van der Waals surface area contributed by atoms with Crippen LogP contribution in [-0.2, 0) is 0 Å². The summed E-state index contributed by atoms with van der Waals surface area (Å²) in [6.45, 7) is 5.91. The summed E-state index contributed by atoms with van der Waals surface area (Å²) < 4.78 is 0. The monoisotopic (exact) mass is 242 g/mol. The van der Waals surface area contributed by atoms with E-state index in [0.717, 1.165) is 24.2 Å². The molecule has 2 rings (SSSR count). The molecule has 1 aromatic carbocycles. The van der Waals surface area contributed by atoms with Crippen molar-refractivity contribution >= 4 is 11.8 Å². The van der Waals surface area contributed by atoms with Gasteiger partial charge in [-0.2, -0.15) is 4.98 Å². The number of nitrogens with zero attached hydrogens (tertiary/aromatic N) is 3. The van der Waals surface area contributed by atoms with Crippen LogP contribution >= 0.6 is 0 Å². The highest BCUT2D eigenvalue weighted by Gasteiger charge is 2.09. The van der Waals surface area contributed by atoms with Crippen molar-refractivity contribution < 1.29 is 0 Å². The van der Waals surface area contributed by atoms with Gasteiger partial charge in [0, 0.05) is 24.8 Å². The quantitative estimate of drug-likeness (QED) is 0.895. The maximum Gasteiger partial charge on any atom is 0.227 e. The predicted molar refractivity (Wildman–Crippen MR) is 75.4 cm³/mol. The van der Waals surface area contributed by atoms with Gasteiger partial charge in [0.25, 0.3) is 0 Å². The largest absolute Gasteiger partial charge is 0.383 e. The molecule has 1 heterocycles. The molecule has 0 unspecified atom stereocenters. The van der Waals surface area contributed by atoms with E-state index in [-0.39, 0.29) is 0 Å². The molecule has 0 aliphatic carbocycles. The third-order valence-electron chi connectivity index (χ3n) is 2.94. The molecule has 0 aliphatic rings. The van der Waals surface area contributed by atoms with E-state index in [2.05, 4.69) is 28.7 Å². The molecule has 0 spiro atoms. The van der Waals surface area contributed by atoms with Crippen molar-refractivity contribution in [1.82, 2.24) is 9.97 Å². The highest BCUT2D eigenvalue weighted by atomic mass is 15.2. The number of nitrogens with two attached hydrogens (primary N) is 1. The second-order valence-corrected chi connectivity index (χ2v) is 4.01. The van der Waals surface area contributed by atoms with Crippen molar-refractivity contribution in [3.63, 3.8) is 0 Å². The van der Waals surface area contributed by atoms with Crippen LogP contribution in [0.25, 0.3) is 11.1 Å². The van der Waals surface area contributed by atoms with Gasteiger partial charge in [-0.25, -0.2) is 4.98 Å². The molecule has 0 bridgehead atoms. The zero-order valence-electron chi connectivity index (χ0n) is 10.8. The fraction of sp³-hybridized carbons (Fsp3) is 0.286. The van der Waals surface area contributed by atoms with Crippen LogP contribution in [0.1, 0.15) is 13.8 Å². The summed E-state index contributed by atoms with van der Waals surface area (Å²) in [6, 6.07) is 9.95. The Morgan fingerprint density at radius 2 is 1.78 bits per heavy atom. The first-order valence-corrected chi connectivity index (χ1v) is 6.19. The minimum Gasteiger partial charge on any atom is -0.383 e. The Balaban J connectivity index is 2.37. The summed E-state index contributed by atoms with van der Waals surface area (Å²) in [5.74, 6) is 1.22. The van der Waals surface area contributed by atoms with Gasteiger partial charge in [-0.15, -0.1) is 0 Å². The lowest BCUT2D eigenvalue weighted by Gasteiger charge is -2.19. The SMILES string of the molecule is CCN(CC)c1ncc(-c2ccccc2)c(N)n1. The number of benzene rings is 1. The van der Waals surface area contributed by atoms with E-state index in [1.54, 1.807) is 6.20 Å². The number of aromatic nitrogens is 2. The van der Waals surface area contributed by atoms with Crippen molar-refractivity contribution in [2.45, 2.75) is 13.8 Å². The summed E-state index contributed by atoms with van der Waals surface area (Å²) >= 11 is 0. The summed E-state index contributed by atoms with van der Waals surface area (Å²) in [5.41, 5.74) is 7.95. The zero-order chi connectivity index (χ0) is 13.0. The first-order chi connectivity index (χ1) is 8.76. The molecule has 0 fully saturated rings. The van der Waals surface area contributed by atoms with E-state index in [0.29, 0.717) is 11.8 Å². The molecule has 0 saturated heterocycles. The van der Waals surface area contributed by atoms with Crippen LogP contribution in [0.15, 0.2) is 36.5 Å². The van der Waals surface area contributed by atoms with Crippen LogP contribution in [0.2, 0.25) is 0 Å². The normalized spacial score (nSPS) is 10.3. The van der Waals surface area contributed by atoms with Gasteiger partial charge >= 0.3 is 0 Å². The first-order valence-electron chi connectivity index (χ1n) is 6.19. The fourth-order valence-corrected chi connectivity index (χ4v) is 1.88. The topological polar surface area (TPSA) is 55.0 Å². The van der Waals surface area contributed by atoms with E-state index in [4.69, 9.17) is 5.73 Å². The lowest BCUT2D eigenvalue weighted by molar-refractivity contribution is 0.823. The summed E-state index contributed by atoms with van der Waals surface area (Å²) in [7, 11) is 0. The minimum absolute atomic E-state index is 0.526. The number of anilines is 2. The molecule has 4 heteroatoms. The molecule has 0 saturated carbocycles. The van der Waals surface area contributed by atoms with Crippen molar-refractivity contribution in [3.8, 4) is 11.1 Å². The second-order valence-electron chi connectivity index (χ2n) is 4.01. The lowest BCUT2D eigenvalue weighted by atomic mass is 10.1. The van der Waals surface area contributed by atoms with Gasteiger partial charge in [-0.05, 0) is 19.4 Å². The average Bonchev–Trinajstić information content (AvgIpc) is 2.41. The Bertz CT molecular complexity index is 506. The molecule has 1 aromatic heterocycles. The van der Waals surface area contributed by atoms with E-state index in [1.807, 2.05) is 30.3 Å². The Morgan fingerprint density at radius 3 is 2.33 bits per heavy atom. The third kappa shape index (κ3) is 2.42. The first kappa shape index (κ1) is 12.4. The van der Waals surface area contributed by atoms with Gasteiger partial charge in [0.1, 0.15) is 5.82 Å². The molecule has 0 amide bonds. The predicted octanol–water partition coefficient (Wildman–Crippen LogP) is 2.57. The zero-order valence-corrected chi connectivity index (χ0v) is 10.8. The highest BCUT2D eigenvalue weighted by molar-refractivity contribution is 5.73. The van der Waals surface area contributed by atoms with Crippen molar-refractivity contribution in [2.24, 2.45) is 0 Å². The summed E-state index contributed by atoms with van der Waals surface area (Å²) in [4.78, 5) is 10.9. The van der Waals surface area contributed by atoms with Crippen LogP contribution in [-0.4, -0.2) is 23.1 Å². The number of nitrogen functional groups attached to an aromatic ring is 1. The van der Waals surface area contributed by atoms with Gasteiger partial charge in [-0.3, -0.25) is 0 Å². The van der Waals surface area contributed by atoms with Gasteiger partial charge in [0.2, 0.25) is 5.95 Å². The van der Waals surface area contributed by atoms with Crippen LogP contribution in [0, 0.1) is 0 Å². The minimum atomic E-state index is 0.526. The Labute approximate surface area is 107 Å². The van der Waals surface area contributed by atoms with E-state index >= 15 is 0 Å². The van der Waals surface area contributed by atoms with E-state index in [1.165, 1.54) is 0 Å². The van der Waals surface area contributed by atoms with Gasteiger partial charge in [0.15, 0.2) is 0 Å². The molecule has 18 heavy (non-hydrogen) atoms. The summed E-state index contributed by atoms with van der Waals surface area (Å²) in [5, 5.41) is 0. The third-order valence-corrected chi connectivity index (χ3v) is 2.94. The molecule has 0 aliphatic heterocycles. The van der Waals surface area contributed by atoms with Crippen LogP contribution in [0.4, 0.5) is 11.8 Å². The van der Waals surface area contributed by atoms with E-state index < -0.39 is 0 Å². The van der Waals surface area contributed by atoms with Gasteiger partial charge in [-0.1, -0.05) is 30.3 Å². The molecular formula is C14H18N4. The van der Waals surface area contributed by atoms with Crippen LogP contribution < -0.4 is 10.6 Å². The summed E-state index contributed by atoms with van der Waals surface area (Å²) in [6.07, 6.45) is 1.80. The molecule has 0 radical (unpaired) electrons. The smallest absolute Gasteiger partial charge is 0.227 e. The second kappa shape index (κ2) is 5.49. The average molecular weight is 242 g/mol. The van der Waals surface area contributed by atoms with Crippen LogP contribution in [0.5, 0.6) is 0 Å². The molecule has 94 valence electrons. The van der Waals surface area contributed by atoms with Gasteiger partial charge < -0.3 is 10.6 Å². The molecule has 4 nitrogen and oxygen atoms in total. The molecular weight excluding hydrogens is 224 g/mol. The molecule has 2 aromatic rings. The Hall–Kier alpha value is -2.10. The fourth-order valence-electron chi connectivity index (χ4n) is 1.88. The number of hydrogen-bond acceptors (Lipinski definition) is 4. The number of rotatable bonds is 4. The Kier molecular flexibility index (Phi) is 3.77. The van der Waals surface area contributed by atoms with Crippen molar-refractivity contribution in [1.29, 1.82) is 0 Å². The van der Waals surface area contributed by atoms with E-state index in [9.17, 15) is 0 Å². The number of hydrogen-bond donors (Lipinski definition) is 1. The molecule has 0 atom stereocenters. The van der Waals surface area contributed by atoms with Crippen molar-refractivity contribution in [3.05, 3.63) is 36.5 Å². The van der Waals surface area contributed by atoms with Crippen molar-refractivity contribution in [2.75, 3.05) is 23.7 Å². The lowest BCUT2D eigenvalue weighted by Crippen LogP contribution is -2.24. The molecule has 2 N–H and O–H groups in total.